The zero-order valence-corrected chi connectivity index (χ0v) is 17.3. The SMILES string of the molecule is C1=CC2C=CC=C(Nc3ccc(-c4ccc5sc6ccccc6c5c4)cc3)C2C=C1. The Bertz CT molecular complexity index is 1370. The molecule has 30 heavy (non-hydrogen) atoms. The monoisotopic (exact) mass is 403 g/mol. The number of fused-ring (bicyclic) bond motifs is 4. The van der Waals surface area contributed by atoms with Crippen LogP contribution >= 0.6 is 11.3 Å². The topological polar surface area (TPSA) is 12.0 Å². The number of benzene rings is 3. The maximum absolute atomic E-state index is 3.63. The van der Waals surface area contributed by atoms with Gasteiger partial charge in [-0.15, -0.1) is 11.3 Å². The van der Waals surface area contributed by atoms with Gasteiger partial charge < -0.3 is 5.32 Å². The van der Waals surface area contributed by atoms with Crippen LogP contribution in [-0.4, -0.2) is 0 Å². The predicted molar refractivity (Wildman–Crippen MR) is 131 cm³/mol. The van der Waals surface area contributed by atoms with Gasteiger partial charge in [0.1, 0.15) is 0 Å². The van der Waals surface area contributed by atoms with Crippen molar-refractivity contribution in [3.8, 4) is 11.1 Å². The van der Waals surface area contributed by atoms with E-state index in [1.54, 1.807) is 0 Å². The Labute approximate surface area is 180 Å². The number of nitrogens with one attached hydrogen (secondary N) is 1. The average molecular weight is 404 g/mol. The Morgan fingerprint density at radius 1 is 0.667 bits per heavy atom. The van der Waals surface area contributed by atoms with Crippen LogP contribution in [0.25, 0.3) is 31.3 Å². The minimum absolute atomic E-state index is 0.397. The lowest BCUT2D eigenvalue weighted by atomic mass is 9.82. The molecule has 4 aromatic rings. The number of thiophene rings is 1. The van der Waals surface area contributed by atoms with E-state index < -0.39 is 0 Å². The minimum atomic E-state index is 0.397. The lowest BCUT2D eigenvalue weighted by Crippen LogP contribution is -2.20. The van der Waals surface area contributed by atoms with Gasteiger partial charge in [0, 0.05) is 43.4 Å². The van der Waals surface area contributed by atoms with E-state index in [4.69, 9.17) is 0 Å². The highest BCUT2D eigenvalue weighted by molar-refractivity contribution is 7.25. The van der Waals surface area contributed by atoms with Crippen LogP contribution in [0.15, 0.2) is 115 Å². The summed E-state index contributed by atoms with van der Waals surface area (Å²) < 4.78 is 2.70. The molecule has 3 aromatic carbocycles. The fourth-order valence-electron chi connectivity index (χ4n) is 4.46. The third-order valence-electron chi connectivity index (χ3n) is 6.03. The molecule has 1 heterocycles. The fourth-order valence-corrected chi connectivity index (χ4v) is 5.55. The number of anilines is 1. The summed E-state index contributed by atoms with van der Waals surface area (Å²) in [5.74, 6) is 0.850. The van der Waals surface area contributed by atoms with Gasteiger partial charge in [0.05, 0.1) is 0 Å². The summed E-state index contributed by atoms with van der Waals surface area (Å²) in [6.45, 7) is 0. The summed E-state index contributed by atoms with van der Waals surface area (Å²) in [4.78, 5) is 0. The molecular weight excluding hydrogens is 382 g/mol. The summed E-state index contributed by atoms with van der Waals surface area (Å²) in [7, 11) is 0. The Morgan fingerprint density at radius 2 is 1.43 bits per heavy atom. The van der Waals surface area contributed by atoms with Gasteiger partial charge in [0.15, 0.2) is 0 Å². The number of hydrogen-bond donors (Lipinski definition) is 1. The fraction of sp³-hybridized carbons (Fsp3) is 0.0714. The van der Waals surface area contributed by atoms with E-state index >= 15 is 0 Å². The van der Waals surface area contributed by atoms with Gasteiger partial charge in [0.2, 0.25) is 0 Å². The third kappa shape index (κ3) is 3.01. The molecule has 6 rings (SSSR count). The molecule has 144 valence electrons. The van der Waals surface area contributed by atoms with Gasteiger partial charge in [-0.2, -0.15) is 0 Å². The molecule has 0 bridgehead atoms. The molecule has 1 N–H and O–H groups in total. The minimum Gasteiger partial charge on any atom is -0.358 e. The van der Waals surface area contributed by atoms with Crippen molar-refractivity contribution in [2.24, 2.45) is 11.8 Å². The average Bonchev–Trinajstić information content (AvgIpc) is 3.18. The molecule has 2 heteroatoms. The molecule has 0 amide bonds. The summed E-state index contributed by atoms with van der Waals surface area (Å²) in [6, 6.07) is 24.3. The zero-order valence-electron chi connectivity index (χ0n) is 16.5. The van der Waals surface area contributed by atoms with Crippen molar-refractivity contribution in [1.82, 2.24) is 0 Å². The van der Waals surface area contributed by atoms with E-state index in [1.807, 2.05) is 11.3 Å². The van der Waals surface area contributed by atoms with Crippen LogP contribution in [0.2, 0.25) is 0 Å². The molecule has 2 unspecified atom stereocenters. The van der Waals surface area contributed by atoms with Crippen LogP contribution in [0.5, 0.6) is 0 Å². The number of hydrogen-bond acceptors (Lipinski definition) is 2. The van der Waals surface area contributed by atoms with Crippen molar-refractivity contribution in [3.63, 3.8) is 0 Å². The Kier molecular flexibility index (Phi) is 4.17. The molecule has 1 nitrogen and oxygen atoms in total. The van der Waals surface area contributed by atoms with E-state index in [2.05, 4.69) is 115 Å². The molecule has 0 aliphatic heterocycles. The quantitative estimate of drug-likeness (QED) is 0.366. The lowest BCUT2D eigenvalue weighted by molar-refractivity contribution is 0.627. The van der Waals surface area contributed by atoms with Crippen LogP contribution in [0.4, 0.5) is 5.69 Å². The highest BCUT2D eigenvalue weighted by Crippen LogP contribution is 2.37. The van der Waals surface area contributed by atoms with Crippen LogP contribution in [0, 0.1) is 11.8 Å². The molecule has 0 saturated heterocycles. The molecule has 0 saturated carbocycles. The summed E-state index contributed by atoms with van der Waals surface area (Å²) in [5.41, 5.74) is 4.89. The van der Waals surface area contributed by atoms with E-state index in [0.717, 1.165) is 5.69 Å². The van der Waals surface area contributed by atoms with Crippen molar-refractivity contribution in [1.29, 1.82) is 0 Å². The standard InChI is InChI=1S/C28H21NS/c1-2-8-23-20(6-1)7-5-10-26(23)29-22-15-12-19(13-16-22)21-14-17-28-25(18-21)24-9-3-4-11-27(24)30-28/h1-18,20,23,29H. The van der Waals surface area contributed by atoms with Gasteiger partial charge >= 0.3 is 0 Å². The van der Waals surface area contributed by atoms with Crippen molar-refractivity contribution < 1.29 is 0 Å². The highest BCUT2D eigenvalue weighted by Gasteiger charge is 2.22. The second-order valence-corrected chi connectivity index (χ2v) is 8.98. The molecule has 0 fully saturated rings. The van der Waals surface area contributed by atoms with Gasteiger partial charge in [-0.25, -0.2) is 0 Å². The second kappa shape index (κ2) is 7.16. The van der Waals surface area contributed by atoms with Crippen molar-refractivity contribution in [2.45, 2.75) is 0 Å². The maximum atomic E-state index is 3.63. The third-order valence-corrected chi connectivity index (χ3v) is 7.18. The van der Waals surface area contributed by atoms with Crippen LogP contribution in [0.3, 0.4) is 0 Å². The lowest BCUT2D eigenvalue weighted by Gasteiger charge is -2.27. The maximum Gasteiger partial charge on any atom is 0.0382 e. The largest absolute Gasteiger partial charge is 0.358 e. The first-order chi connectivity index (χ1) is 14.8. The first-order valence-corrected chi connectivity index (χ1v) is 11.2. The molecule has 2 aliphatic rings. The zero-order chi connectivity index (χ0) is 19.9. The van der Waals surface area contributed by atoms with Crippen molar-refractivity contribution in [3.05, 3.63) is 115 Å². The van der Waals surface area contributed by atoms with E-state index in [-0.39, 0.29) is 0 Å². The smallest absolute Gasteiger partial charge is 0.0382 e. The Hall–Kier alpha value is -3.36. The second-order valence-electron chi connectivity index (χ2n) is 7.89. The van der Waals surface area contributed by atoms with Gasteiger partial charge in [-0.05, 0) is 47.5 Å². The first kappa shape index (κ1) is 17.5. The molecule has 0 spiro atoms. The van der Waals surface area contributed by atoms with Crippen molar-refractivity contribution >= 4 is 37.2 Å². The molecule has 2 atom stereocenters. The summed E-state index contributed by atoms with van der Waals surface area (Å²) in [5, 5.41) is 6.33. The first-order valence-electron chi connectivity index (χ1n) is 10.4. The predicted octanol–water partition coefficient (Wildman–Crippen LogP) is 7.95. The molecule has 1 aromatic heterocycles. The Balaban J connectivity index is 1.29. The number of allylic oxidation sites excluding steroid dienone is 7. The van der Waals surface area contributed by atoms with Crippen LogP contribution in [0.1, 0.15) is 0 Å². The van der Waals surface area contributed by atoms with Gasteiger partial charge in [-0.3, -0.25) is 0 Å². The normalized spacial score (nSPS) is 19.8. The highest BCUT2D eigenvalue weighted by atomic mass is 32.1. The molecule has 2 aliphatic carbocycles. The van der Waals surface area contributed by atoms with E-state index in [0.29, 0.717) is 11.8 Å². The van der Waals surface area contributed by atoms with Crippen LogP contribution in [-0.2, 0) is 0 Å². The van der Waals surface area contributed by atoms with E-state index in [1.165, 1.54) is 37.0 Å². The summed E-state index contributed by atoms with van der Waals surface area (Å²) >= 11 is 1.86. The summed E-state index contributed by atoms with van der Waals surface area (Å²) in [6.07, 6.45) is 15.4. The molecular formula is C28H21NS. The van der Waals surface area contributed by atoms with Crippen LogP contribution < -0.4 is 5.32 Å². The molecule has 0 radical (unpaired) electrons. The van der Waals surface area contributed by atoms with E-state index in [9.17, 15) is 0 Å². The number of rotatable bonds is 3. The van der Waals surface area contributed by atoms with Gasteiger partial charge in [0.25, 0.3) is 0 Å². The van der Waals surface area contributed by atoms with Crippen molar-refractivity contribution in [2.75, 3.05) is 5.32 Å². The van der Waals surface area contributed by atoms with Gasteiger partial charge in [-0.1, -0.05) is 72.9 Å². The Morgan fingerprint density at radius 3 is 2.37 bits per heavy atom.